The van der Waals surface area contributed by atoms with Crippen LogP contribution in [0.3, 0.4) is 0 Å². The van der Waals surface area contributed by atoms with Gasteiger partial charge in [-0.15, -0.1) is 0 Å². The zero-order chi connectivity index (χ0) is 17.5. The van der Waals surface area contributed by atoms with Gasteiger partial charge in [-0.05, 0) is 47.4 Å². The van der Waals surface area contributed by atoms with Crippen LogP contribution in [0.1, 0.15) is 30.9 Å². The van der Waals surface area contributed by atoms with Crippen molar-refractivity contribution in [1.29, 1.82) is 5.26 Å². The molecule has 1 heterocycles. The van der Waals surface area contributed by atoms with Crippen molar-refractivity contribution in [3.63, 3.8) is 0 Å². The smallest absolute Gasteiger partial charge is 0.266 e. The molecule has 1 amide bonds. The minimum absolute atomic E-state index is 0.0266. The summed E-state index contributed by atoms with van der Waals surface area (Å²) in [7, 11) is 1.62. The topological polar surface area (TPSA) is 75.0 Å². The van der Waals surface area contributed by atoms with Crippen LogP contribution in [0.5, 0.6) is 5.75 Å². The van der Waals surface area contributed by atoms with Crippen molar-refractivity contribution >= 4 is 17.7 Å². The third-order valence-electron chi connectivity index (χ3n) is 3.47. The average Bonchev–Trinajstić information content (AvgIpc) is 2.60. The van der Waals surface area contributed by atoms with Gasteiger partial charge < -0.3 is 10.1 Å². The molecule has 1 aromatic carbocycles. The quantitative estimate of drug-likeness (QED) is 0.672. The number of hydrogen-bond donors (Lipinski definition) is 1. The molecule has 0 aliphatic heterocycles. The van der Waals surface area contributed by atoms with E-state index >= 15 is 0 Å². The molecule has 2 aromatic rings. The maximum absolute atomic E-state index is 12.2. The average molecular weight is 321 g/mol. The normalized spacial score (nSPS) is 11.0. The van der Waals surface area contributed by atoms with Gasteiger partial charge >= 0.3 is 0 Å². The Balaban J connectivity index is 2.28. The van der Waals surface area contributed by atoms with Gasteiger partial charge in [-0.1, -0.05) is 19.9 Å². The predicted octanol–water partition coefficient (Wildman–Crippen LogP) is 3.76. The van der Waals surface area contributed by atoms with Crippen molar-refractivity contribution in [2.45, 2.75) is 19.8 Å². The number of nitrogens with zero attached hydrogens (tertiary/aromatic N) is 2. The van der Waals surface area contributed by atoms with Gasteiger partial charge in [0.2, 0.25) is 0 Å². The van der Waals surface area contributed by atoms with Crippen molar-refractivity contribution in [3.8, 4) is 11.8 Å². The number of carbonyl (C=O) groups excluding carboxylic acids is 1. The van der Waals surface area contributed by atoms with Crippen molar-refractivity contribution in [2.24, 2.45) is 0 Å². The Kier molecular flexibility index (Phi) is 5.69. The molecule has 0 spiro atoms. The van der Waals surface area contributed by atoms with Crippen LogP contribution >= 0.6 is 0 Å². The van der Waals surface area contributed by atoms with Crippen LogP contribution in [0.4, 0.5) is 5.69 Å². The third-order valence-corrected chi connectivity index (χ3v) is 3.47. The number of aromatic nitrogens is 1. The Labute approximate surface area is 141 Å². The maximum atomic E-state index is 12.2. The van der Waals surface area contributed by atoms with E-state index in [4.69, 9.17) is 4.74 Å². The Morgan fingerprint density at radius 3 is 2.75 bits per heavy atom. The van der Waals surface area contributed by atoms with Crippen LogP contribution in [-0.4, -0.2) is 18.0 Å². The first kappa shape index (κ1) is 17.2. The molecule has 24 heavy (non-hydrogen) atoms. The highest BCUT2D eigenvalue weighted by Crippen LogP contribution is 2.28. The highest BCUT2D eigenvalue weighted by atomic mass is 16.5. The number of pyridine rings is 1. The second-order valence-corrected chi connectivity index (χ2v) is 5.52. The van der Waals surface area contributed by atoms with Crippen molar-refractivity contribution in [1.82, 2.24) is 4.98 Å². The summed E-state index contributed by atoms with van der Waals surface area (Å²) in [6.45, 7) is 4.12. The molecule has 0 unspecified atom stereocenters. The van der Waals surface area contributed by atoms with E-state index in [-0.39, 0.29) is 11.5 Å². The predicted molar refractivity (Wildman–Crippen MR) is 93.5 cm³/mol. The molecule has 1 aromatic heterocycles. The molecule has 0 radical (unpaired) electrons. The molecule has 2 rings (SSSR count). The Hall–Kier alpha value is -3.13. The minimum atomic E-state index is -0.465. The first-order valence-corrected chi connectivity index (χ1v) is 7.56. The summed E-state index contributed by atoms with van der Waals surface area (Å²) in [5.41, 5.74) is 2.37. The Morgan fingerprint density at radius 2 is 2.17 bits per heavy atom. The number of ether oxygens (including phenoxy) is 1. The van der Waals surface area contributed by atoms with Gasteiger partial charge in [0.25, 0.3) is 5.91 Å². The van der Waals surface area contributed by atoms with Crippen LogP contribution in [0.15, 0.2) is 48.3 Å². The van der Waals surface area contributed by atoms with Crippen molar-refractivity contribution < 1.29 is 9.53 Å². The molecule has 5 heteroatoms. The first-order chi connectivity index (χ1) is 11.5. The number of nitrogens with one attached hydrogen (secondary N) is 1. The number of methoxy groups -OCH3 is 1. The fourth-order valence-corrected chi connectivity index (χ4v) is 2.24. The standard InChI is InChI=1S/C19H19N3O2/c1-13(2)17-10-14(6-7-18(17)24-3)9-15(11-20)19(23)22-16-5-4-8-21-12-16/h4-10,12-13H,1-3H3,(H,22,23)/b15-9+. The number of nitriles is 1. The van der Waals surface area contributed by atoms with Crippen LogP contribution in [0, 0.1) is 11.3 Å². The fourth-order valence-electron chi connectivity index (χ4n) is 2.24. The maximum Gasteiger partial charge on any atom is 0.266 e. The molecule has 5 nitrogen and oxygen atoms in total. The van der Waals surface area contributed by atoms with Crippen LogP contribution in [0.2, 0.25) is 0 Å². The van der Waals surface area contributed by atoms with Crippen LogP contribution < -0.4 is 10.1 Å². The molecular weight excluding hydrogens is 302 g/mol. The van der Waals surface area contributed by atoms with Gasteiger partial charge in [-0.3, -0.25) is 9.78 Å². The molecule has 0 atom stereocenters. The van der Waals surface area contributed by atoms with E-state index in [9.17, 15) is 10.1 Å². The molecule has 0 aliphatic carbocycles. The highest BCUT2D eigenvalue weighted by Gasteiger charge is 2.12. The number of amides is 1. The molecule has 0 fully saturated rings. The lowest BCUT2D eigenvalue weighted by Crippen LogP contribution is -2.13. The number of rotatable bonds is 5. The number of anilines is 1. The summed E-state index contributed by atoms with van der Waals surface area (Å²) < 4.78 is 5.35. The SMILES string of the molecule is COc1ccc(/C=C(\C#N)C(=O)Nc2cccnc2)cc1C(C)C. The summed E-state index contributed by atoms with van der Waals surface area (Å²) in [4.78, 5) is 16.2. The molecule has 1 N–H and O–H groups in total. The zero-order valence-corrected chi connectivity index (χ0v) is 13.9. The lowest BCUT2D eigenvalue weighted by molar-refractivity contribution is -0.112. The van der Waals surface area contributed by atoms with E-state index in [1.165, 1.54) is 6.20 Å². The summed E-state index contributed by atoms with van der Waals surface area (Å²) in [6.07, 6.45) is 4.70. The summed E-state index contributed by atoms with van der Waals surface area (Å²) >= 11 is 0. The first-order valence-electron chi connectivity index (χ1n) is 7.56. The zero-order valence-electron chi connectivity index (χ0n) is 13.9. The highest BCUT2D eigenvalue weighted by molar-refractivity contribution is 6.09. The Morgan fingerprint density at radius 1 is 1.38 bits per heavy atom. The van der Waals surface area contributed by atoms with Crippen molar-refractivity contribution in [3.05, 3.63) is 59.4 Å². The van der Waals surface area contributed by atoms with Gasteiger partial charge in [-0.25, -0.2) is 0 Å². The lowest BCUT2D eigenvalue weighted by Gasteiger charge is -2.12. The monoisotopic (exact) mass is 321 g/mol. The van der Waals surface area contributed by atoms with Gasteiger partial charge in [0.05, 0.1) is 19.0 Å². The van der Waals surface area contributed by atoms with Gasteiger partial charge in [0, 0.05) is 6.20 Å². The van der Waals surface area contributed by atoms with E-state index in [1.54, 1.807) is 31.5 Å². The third kappa shape index (κ3) is 4.20. The fraction of sp³-hybridized carbons (Fsp3) is 0.211. The van der Waals surface area contributed by atoms with Crippen LogP contribution in [-0.2, 0) is 4.79 Å². The van der Waals surface area contributed by atoms with Gasteiger partial charge in [0.1, 0.15) is 17.4 Å². The number of carbonyl (C=O) groups is 1. The molecule has 0 saturated heterocycles. The largest absolute Gasteiger partial charge is 0.496 e. The van der Waals surface area contributed by atoms with E-state index in [0.717, 1.165) is 16.9 Å². The van der Waals surface area contributed by atoms with Crippen molar-refractivity contribution in [2.75, 3.05) is 12.4 Å². The minimum Gasteiger partial charge on any atom is -0.496 e. The molecular formula is C19H19N3O2. The van der Waals surface area contributed by atoms with Gasteiger partial charge in [0.15, 0.2) is 0 Å². The van der Waals surface area contributed by atoms with Gasteiger partial charge in [-0.2, -0.15) is 5.26 Å². The van der Waals surface area contributed by atoms with E-state index in [0.29, 0.717) is 5.69 Å². The second-order valence-electron chi connectivity index (χ2n) is 5.52. The van der Waals surface area contributed by atoms with E-state index < -0.39 is 5.91 Å². The summed E-state index contributed by atoms with van der Waals surface area (Å²) in [6, 6.07) is 11.0. The molecule has 0 aliphatic rings. The summed E-state index contributed by atoms with van der Waals surface area (Å²) in [5.74, 6) is 0.593. The summed E-state index contributed by atoms with van der Waals surface area (Å²) in [5, 5.41) is 12.0. The van der Waals surface area contributed by atoms with E-state index in [1.807, 2.05) is 24.3 Å². The molecule has 122 valence electrons. The van der Waals surface area contributed by atoms with Crippen LogP contribution in [0.25, 0.3) is 6.08 Å². The molecule has 0 saturated carbocycles. The second kappa shape index (κ2) is 7.93. The number of hydrogen-bond acceptors (Lipinski definition) is 4. The lowest BCUT2D eigenvalue weighted by atomic mass is 9.98. The number of benzene rings is 1. The van der Waals surface area contributed by atoms with E-state index in [2.05, 4.69) is 24.1 Å². The Bertz CT molecular complexity index is 790. The molecule has 0 bridgehead atoms.